The van der Waals surface area contributed by atoms with Gasteiger partial charge in [0.1, 0.15) is 0 Å². The van der Waals surface area contributed by atoms with Gasteiger partial charge in [0.15, 0.2) is 0 Å². The fourth-order valence-electron chi connectivity index (χ4n) is 0.992. The highest BCUT2D eigenvalue weighted by Gasteiger charge is 1.95. The molecule has 0 fully saturated rings. The predicted octanol–water partition coefficient (Wildman–Crippen LogP) is 0.850. The van der Waals surface area contributed by atoms with E-state index in [1.54, 1.807) is 23.3 Å². The van der Waals surface area contributed by atoms with E-state index in [9.17, 15) is 0 Å². The van der Waals surface area contributed by atoms with Crippen LogP contribution in [0.5, 0.6) is 0 Å². The number of nitrogen functional groups attached to an aromatic ring is 1. The predicted molar refractivity (Wildman–Crippen MR) is 45.8 cm³/mol. The molecule has 0 atom stereocenters. The van der Waals surface area contributed by atoms with Gasteiger partial charge < -0.3 is 5.73 Å². The van der Waals surface area contributed by atoms with Crippen LogP contribution in [0.1, 0.15) is 0 Å². The van der Waals surface area contributed by atoms with Crippen molar-refractivity contribution in [1.82, 2.24) is 14.8 Å². The summed E-state index contributed by atoms with van der Waals surface area (Å²) in [7, 11) is 0. The van der Waals surface area contributed by atoms with E-state index in [2.05, 4.69) is 10.1 Å². The second-order valence-electron chi connectivity index (χ2n) is 2.43. The van der Waals surface area contributed by atoms with Gasteiger partial charge in [0.25, 0.3) is 0 Å². The number of hydrogen-bond acceptors (Lipinski definition) is 3. The van der Waals surface area contributed by atoms with Gasteiger partial charge in [0.05, 0.1) is 17.6 Å². The van der Waals surface area contributed by atoms with E-state index in [4.69, 9.17) is 5.73 Å². The van der Waals surface area contributed by atoms with Gasteiger partial charge in [-0.1, -0.05) is 0 Å². The first kappa shape index (κ1) is 6.84. The quantitative estimate of drug-likeness (QED) is 0.672. The van der Waals surface area contributed by atoms with Crippen LogP contribution < -0.4 is 5.73 Å². The molecular formula is C8H8N4. The summed E-state index contributed by atoms with van der Waals surface area (Å²) in [6.45, 7) is 0. The number of aromatic nitrogens is 3. The first-order valence-corrected chi connectivity index (χ1v) is 3.57. The molecule has 0 aliphatic carbocycles. The van der Waals surface area contributed by atoms with Crippen LogP contribution in [0.25, 0.3) is 5.69 Å². The van der Waals surface area contributed by atoms with Crippen molar-refractivity contribution in [2.45, 2.75) is 0 Å². The average molecular weight is 160 g/mol. The van der Waals surface area contributed by atoms with Crippen molar-refractivity contribution < 1.29 is 0 Å². The normalized spacial score (nSPS) is 10.0. The highest BCUT2D eigenvalue weighted by Crippen LogP contribution is 2.07. The van der Waals surface area contributed by atoms with Crippen LogP contribution in [-0.4, -0.2) is 14.8 Å². The van der Waals surface area contributed by atoms with E-state index < -0.39 is 0 Å². The standard InChI is InChI=1S/C8H8N4/c9-7-4-8(6-10-5-7)12-3-1-2-11-12/h1-6H,9H2. The molecule has 0 spiro atoms. The van der Waals surface area contributed by atoms with Crippen molar-refractivity contribution in [2.24, 2.45) is 0 Å². The van der Waals surface area contributed by atoms with Gasteiger partial charge >= 0.3 is 0 Å². The van der Waals surface area contributed by atoms with E-state index in [1.165, 1.54) is 0 Å². The topological polar surface area (TPSA) is 56.7 Å². The molecule has 4 nitrogen and oxygen atoms in total. The van der Waals surface area contributed by atoms with Crippen molar-refractivity contribution in [3.05, 3.63) is 36.9 Å². The maximum absolute atomic E-state index is 5.56. The second-order valence-corrected chi connectivity index (χ2v) is 2.43. The summed E-state index contributed by atoms with van der Waals surface area (Å²) < 4.78 is 1.71. The Morgan fingerprint density at radius 3 is 2.92 bits per heavy atom. The lowest BCUT2D eigenvalue weighted by atomic mass is 10.4. The summed E-state index contributed by atoms with van der Waals surface area (Å²) >= 11 is 0. The largest absolute Gasteiger partial charge is 0.397 e. The third-order valence-corrected chi connectivity index (χ3v) is 1.51. The molecule has 12 heavy (non-hydrogen) atoms. The summed E-state index contributed by atoms with van der Waals surface area (Å²) in [6.07, 6.45) is 6.87. The van der Waals surface area contributed by atoms with Crippen LogP contribution in [-0.2, 0) is 0 Å². The van der Waals surface area contributed by atoms with Crippen LogP contribution in [0.2, 0.25) is 0 Å². The first-order chi connectivity index (χ1) is 5.86. The van der Waals surface area contributed by atoms with Gasteiger partial charge in [0, 0.05) is 18.6 Å². The lowest BCUT2D eigenvalue weighted by Crippen LogP contribution is -1.96. The van der Waals surface area contributed by atoms with Crippen molar-refractivity contribution in [1.29, 1.82) is 0 Å². The molecule has 2 heterocycles. The van der Waals surface area contributed by atoms with Gasteiger partial charge in [-0.15, -0.1) is 0 Å². The summed E-state index contributed by atoms with van der Waals surface area (Å²) in [6, 6.07) is 3.67. The molecule has 0 amide bonds. The van der Waals surface area contributed by atoms with Gasteiger partial charge in [-0.05, 0) is 12.1 Å². The Hall–Kier alpha value is -1.84. The van der Waals surface area contributed by atoms with Gasteiger partial charge in [-0.3, -0.25) is 4.98 Å². The van der Waals surface area contributed by atoms with Crippen molar-refractivity contribution >= 4 is 5.69 Å². The number of nitrogens with zero attached hydrogens (tertiary/aromatic N) is 3. The molecule has 0 saturated carbocycles. The number of nitrogens with two attached hydrogens (primary N) is 1. The van der Waals surface area contributed by atoms with E-state index in [0.29, 0.717) is 5.69 Å². The summed E-state index contributed by atoms with van der Waals surface area (Å²) in [5, 5.41) is 4.05. The minimum atomic E-state index is 0.642. The molecule has 0 aliphatic heterocycles. The highest BCUT2D eigenvalue weighted by atomic mass is 15.3. The van der Waals surface area contributed by atoms with E-state index in [-0.39, 0.29) is 0 Å². The summed E-state index contributed by atoms with van der Waals surface area (Å²) in [5.74, 6) is 0. The van der Waals surface area contributed by atoms with E-state index in [1.807, 2.05) is 18.3 Å². The molecule has 0 bridgehead atoms. The first-order valence-electron chi connectivity index (χ1n) is 3.57. The number of anilines is 1. The molecule has 0 radical (unpaired) electrons. The van der Waals surface area contributed by atoms with Crippen LogP contribution in [0.15, 0.2) is 36.9 Å². The molecule has 2 N–H and O–H groups in total. The minimum Gasteiger partial charge on any atom is -0.397 e. The molecule has 0 aliphatic rings. The number of rotatable bonds is 1. The van der Waals surface area contributed by atoms with Crippen molar-refractivity contribution in [2.75, 3.05) is 5.73 Å². The maximum atomic E-state index is 5.56. The van der Waals surface area contributed by atoms with Crippen LogP contribution >= 0.6 is 0 Å². The zero-order chi connectivity index (χ0) is 8.39. The van der Waals surface area contributed by atoms with Gasteiger partial charge in [0.2, 0.25) is 0 Å². The molecular weight excluding hydrogens is 152 g/mol. The Morgan fingerprint density at radius 1 is 1.33 bits per heavy atom. The lowest BCUT2D eigenvalue weighted by Gasteiger charge is -1.99. The smallest absolute Gasteiger partial charge is 0.0849 e. The molecule has 0 aromatic carbocycles. The van der Waals surface area contributed by atoms with Crippen LogP contribution in [0, 0.1) is 0 Å². The monoisotopic (exact) mass is 160 g/mol. The van der Waals surface area contributed by atoms with Crippen molar-refractivity contribution in [3.63, 3.8) is 0 Å². The molecule has 0 unspecified atom stereocenters. The maximum Gasteiger partial charge on any atom is 0.0849 e. The number of pyridine rings is 1. The molecule has 4 heteroatoms. The zero-order valence-electron chi connectivity index (χ0n) is 6.38. The van der Waals surface area contributed by atoms with Gasteiger partial charge in [-0.25, -0.2) is 4.68 Å². The highest BCUT2D eigenvalue weighted by molar-refractivity contribution is 5.43. The summed E-state index contributed by atoms with van der Waals surface area (Å²) in [4.78, 5) is 3.95. The average Bonchev–Trinajstić information content (AvgIpc) is 2.56. The number of hydrogen-bond donors (Lipinski definition) is 1. The zero-order valence-corrected chi connectivity index (χ0v) is 6.38. The molecule has 0 saturated heterocycles. The van der Waals surface area contributed by atoms with Crippen LogP contribution in [0.4, 0.5) is 5.69 Å². The molecule has 2 rings (SSSR count). The lowest BCUT2D eigenvalue weighted by molar-refractivity contribution is 0.874. The Bertz CT molecular complexity index is 366. The SMILES string of the molecule is Nc1cncc(-n2cccn2)c1. The van der Waals surface area contributed by atoms with E-state index >= 15 is 0 Å². The third kappa shape index (κ3) is 1.14. The van der Waals surface area contributed by atoms with Crippen molar-refractivity contribution in [3.8, 4) is 5.69 Å². The Kier molecular flexibility index (Phi) is 1.51. The fourth-order valence-corrected chi connectivity index (χ4v) is 0.992. The molecule has 2 aromatic heterocycles. The van der Waals surface area contributed by atoms with Gasteiger partial charge in [-0.2, -0.15) is 5.10 Å². The molecule has 2 aromatic rings. The summed E-state index contributed by atoms with van der Waals surface area (Å²) in [5.41, 5.74) is 7.08. The second kappa shape index (κ2) is 2.65. The Labute approximate surface area is 69.7 Å². The molecule has 60 valence electrons. The third-order valence-electron chi connectivity index (χ3n) is 1.51. The minimum absolute atomic E-state index is 0.642. The van der Waals surface area contributed by atoms with Crippen LogP contribution in [0.3, 0.4) is 0 Å². The Balaban J connectivity index is 2.48. The Morgan fingerprint density at radius 2 is 2.25 bits per heavy atom. The fraction of sp³-hybridized carbons (Fsp3) is 0. The van der Waals surface area contributed by atoms with E-state index in [0.717, 1.165) is 5.69 Å².